The lowest BCUT2D eigenvalue weighted by Gasteiger charge is -2.15. The van der Waals surface area contributed by atoms with Crippen molar-refractivity contribution >= 4 is 11.9 Å². The predicted octanol–water partition coefficient (Wildman–Crippen LogP) is 1.91. The highest BCUT2D eigenvalue weighted by Crippen LogP contribution is 2.13. The molecule has 0 saturated carbocycles. The summed E-state index contributed by atoms with van der Waals surface area (Å²) < 4.78 is 5.63. The number of rotatable bonds is 5. The summed E-state index contributed by atoms with van der Waals surface area (Å²) in [5.74, 6) is 1.31. The van der Waals surface area contributed by atoms with Crippen LogP contribution in [0, 0.1) is 6.92 Å². The third-order valence-corrected chi connectivity index (χ3v) is 2.52. The smallest absolute Gasteiger partial charge is 0.267 e. The van der Waals surface area contributed by atoms with E-state index in [1.807, 2.05) is 37.3 Å². The van der Waals surface area contributed by atoms with E-state index in [9.17, 15) is 4.79 Å². The number of carbonyl (C=O) groups excluding carboxylic acids is 1. The second-order valence-electron chi connectivity index (χ2n) is 4.06. The van der Waals surface area contributed by atoms with Crippen molar-refractivity contribution < 1.29 is 9.53 Å². The van der Waals surface area contributed by atoms with Gasteiger partial charge in [0.05, 0.1) is 0 Å². The number of aromatic nitrogens is 3. The molecule has 0 saturated heterocycles. The molecule has 0 bridgehead atoms. The van der Waals surface area contributed by atoms with Gasteiger partial charge >= 0.3 is 0 Å². The van der Waals surface area contributed by atoms with E-state index >= 15 is 0 Å². The van der Waals surface area contributed by atoms with E-state index in [0.29, 0.717) is 18.0 Å². The minimum atomic E-state index is -0.568. The topological polar surface area (TPSA) is 79.9 Å². The molecule has 6 heteroatoms. The molecule has 100 valence electrons. The van der Waals surface area contributed by atoms with Crippen LogP contribution in [0.4, 0.5) is 5.95 Å². The van der Waals surface area contributed by atoms with Gasteiger partial charge in [-0.3, -0.25) is 15.2 Å². The number of nitrogens with one attached hydrogen (secondary N) is 2. The zero-order valence-electron chi connectivity index (χ0n) is 10.9. The second kappa shape index (κ2) is 5.99. The van der Waals surface area contributed by atoms with Crippen LogP contribution >= 0.6 is 0 Å². The molecular formula is C13H16N4O2. The summed E-state index contributed by atoms with van der Waals surface area (Å²) in [6.45, 7) is 3.65. The van der Waals surface area contributed by atoms with E-state index < -0.39 is 6.10 Å². The Kier molecular flexibility index (Phi) is 4.12. The lowest BCUT2D eigenvalue weighted by atomic mass is 10.2. The van der Waals surface area contributed by atoms with Crippen LogP contribution in [-0.4, -0.2) is 27.2 Å². The van der Waals surface area contributed by atoms with Crippen molar-refractivity contribution in [2.45, 2.75) is 26.4 Å². The molecule has 0 aliphatic heterocycles. The van der Waals surface area contributed by atoms with Gasteiger partial charge in [-0.1, -0.05) is 25.1 Å². The Labute approximate surface area is 111 Å². The SMILES string of the molecule is CCC(Oc1ccccc1)C(=O)Nc1n[nH]c(C)n1. The second-order valence-corrected chi connectivity index (χ2v) is 4.06. The Morgan fingerprint density at radius 2 is 2.16 bits per heavy atom. The summed E-state index contributed by atoms with van der Waals surface area (Å²) in [4.78, 5) is 16.0. The number of hydrogen-bond donors (Lipinski definition) is 2. The van der Waals surface area contributed by atoms with Crippen molar-refractivity contribution in [3.63, 3.8) is 0 Å². The number of anilines is 1. The van der Waals surface area contributed by atoms with Crippen LogP contribution in [0.15, 0.2) is 30.3 Å². The molecule has 0 aliphatic carbocycles. The molecule has 0 fully saturated rings. The fraction of sp³-hybridized carbons (Fsp3) is 0.308. The van der Waals surface area contributed by atoms with E-state index in [1.165, 1.54) is 0 Å². The Hall–Kier alpha value is -2.37. The number of aryl methyl sites for hydroxylation is 1. The fourth-order valence-electron chi connectivity index (χ4n) is 1.57. The highest BCUT2D eigenvalue weighted by atomic mass is 16.5. The molecule has 1 atom stereocenters. The molecule has 6 nitrogen and oxygen atoms in total. The third-order valence-electron chi connectivity index (χ3n) is 2.52. The number of para-hydroxylation sites is 1. The first-order chi connectivity index (χ1) is 9.19. The first-order valence-corrected chi connectivity index (χ1v) is 6.10. The predicted molar refractivity (Wildman–Crippen MR) is 70.9 cm³/mol. The minimum Gasteiger partial charge on any atom is -0.481 e. The van der Waals surface area contributed by atoms with Crippen LogP contribution in [-0.2, 0) is 4.79 Å². The number of benzene rings is 1. The maximum atomic E-state index is 12.0. The Balaban J connectivity index is 1.99. The maximum Gasteiger partial charge on any atom is 0.267 e. The zero-order chi connectivity index (χ0) is 13.7. The first-order valence-electron chi connectivity index (χ1n) is 6.10. The monoisotopic (exact) mass is 260 g/mol. The van der Waals surface area contributed by atoms with Gasteiger partial charge in [0.1, 0.15) is 11.6 Å². The van der Waals surface area contributed by atoms with Gasteiger partial charge in [0, 0.05) is 0 Å². The van der Waals surface area contributed by atoms with Gasteiger partial charge in [-0.05, 0) is 25.5 Å². The lowest BCUT2D eigenvalue weighted by Crippen LogP contribution is -2.32. The van der Waals surface area contributed by atoms with Gasteiger partial charge in [0.15, 0.2) is 6.10 Å². The molecule has 0 radical (unpaired) electrons. The Morgan fingerprint density at radius 1 is 1.42 bits per heavy atom. The van der Waals surface area contributed by atoms with Gasteiger partial charge in [-0.15, -0.1) is 5.10 Å². The molecule has 1 aromatic heterocycles. The van der Waals surface area contributed by atoms with Crippen LogP contribution < -0.4 is 10.1 Å². The van der Waals surface area contributed by atoms with E-state index in [-0.39, 0.29) is 11.9 Å². The van der Waals surface area contributed by atoms with Crippen molar-refractivity contribution in [3.8, 4) is 5.75 Å². The highest BCUT2D eigenvalue weighted by Gasteiger charge is 2.19. The normalized spacial score (nSPS) is 11.9. The minimum absolute atomic E-state index is 0.259. The number of carbonyl (C=O) groups is 1. The van der Waals surface area contributed by atoms with Crippen LogP contribution in [0.3, 0.4) is 0 Å². The van der Waals surface area contributed by atoms with Crippen molar-refractivity contribution in [2.24, 2.45) is 0 Å². The molecule has 1 aromatic carbocycles. The zero-order valence-corrected chi connectivity index (χ0v) is 10.9. The molecule has 19 heavy (non-hydrogen) atoms. The van der Waals surface area contributed by atoms with Gasteiger partial charge in [-0.25, -0.2) is 0 Å². The first kappa shape index (κ1) is 13.1. The van der Waals surface area contributed by atoms with E-state index in [2.05, 4.69) is 20.5 Å². The van der Waals surface area contributed by atoms with E-state index in [1.54, 1.807) is 6.92 Å². The summed E-state index contributed by atoms with van der Waals surface area (Å²) >= 11 is 0. The van der Waals surface area contributed by atoms with Crippen molar-refractivity contribution in [2.75, 3.05) is 5.32 Å². The molecule has 1 amide bonds. The maximum absolute atomic E-state index is 12.0. The lowest BCUT2D eigenvalue weighted by molar-refractivity contribution is -0.122. The summed E-state index contributed by atoms with van der Waals surface area (Å²) in [7, 11) is 0. The van der Waals surface area contributed by atoms with Crippen molar-refractivity contribution in [1.82, 2.24) is 15.2 Å². The molecule has 1 heterocycles. The summed E-state index contributed by atoms with van der Waals surface area (Å²) in [5.41, 5.74) is 0. The van der Waals surface area contributed by atoms with Crippen LogP contribution in [0.25, 0.3) is 0 Å². The summed E-state index contributed by atoms with van der Waals surface area (Å²) in [6.07, 6.45) is -0.00867. The van der Waals surface area contributed by atoms with Gasteiger partial charge in [0.25, 0.3) is 5.91 Å². The standard InChI is InChI=1S/C13H16N4O2/c1-3-11(19-10-7-5-4-6-8-10)12(18)15-13-14-9(2)16-17-13/h4-8,11H,3H2,1-2H3,(H2,14,15,16,17,18). The average Bonchev–Trinajstić information content (AvgIpc) is 2.82. The van der Waals surface area contributed by atoms with E-state index in [0.717, 1.165) is 0 Å². The number of nitrogens with zero attached hydrogens (tertiary/aromatic N) is 2. The Morgan fingerprint density at radius 3 is 2.74 bits per heavy atom. The summed E-state index contributed by atoms with van der Waals surface area (Å²) in [5, 5.41) is 9.14. The molecule has 2 rings (SSSR count). The molecule has 1 unspecified atom stereocenters. The van der Waals surface area contributed by atoms with Crippen LogP contribution in [0.2, 0.25) is 0 Å². The number of aromatic amines is 1. The number of amides is 1. The van der Waals surface area contributed by atoms with Crippen LogP contribution in [0.5, 0.6) is 5.75 Å². The number of ether oxygens (including phenoxy) is 1. The largest absolute Gasteiger partial charge is 0.481 e. The van der Waals surface area contributed by atoms with Gasteiger partial charge in [0.2, 0.25) is 5.95 Å². The van der Waals surface area contributed by atoms with E-state index in [4.69, 9.17) is 4.74 Å². The van der Waals surface area contributed by atoms with Crippen molar-refractivity contribution in [1.29, 1.82) is 0 Å². The van der Waals surface area contributed by atoms with Crippen LogP contribution in [0.1, 0.15) is 19.2 Å². The van der Waals surface area contributed by atoms with Gasteiger partial charge in [-0.2, -0.15) is 4.98 Å². The third kappa shape index (κ3) is 3.54. The highest BCUT2D eigenvalue weighted by molar-refractivity contribution is 5.92. The molecular weight excluding hydrogens is 244 g/mol. The Bertz CT molecular complexity index is 539. The molecule has 2 aromatic rings. The van der Waals surface area contributed by atoms with Gasteiger partial charge < -0.3 is 4.74 Å². The van der Waals surface area contributed by atoms with Crippen molar-refractivity contribution in [3.05, 3.63) is 36.2 Å². The molecule has 0 aliphatic rings. The average molecular weight is 260 g/mol. The molecule has 2 N–H and O–H groups in total. The summed E-state index contributed by atoms with van der Waals surface area (Å²) in [6, 6.07) is 9.24. The molecule has 0 spiro atoms. The number of hydrogen-bond acceptors (Lipinski definition) is 4. The number of H-pyrrole nitrogens is 1. The quantitative estimate of drug-likeness (QED) is 0.860. The fourth-order valence-corrected chi connectivity index (χ4v) is 1.57.